The smallest absolute Gasteiger partial charge is 0.00442 e. The summed E-state index contributed by atoms with van der Waals surface area (Å²) in [5.41, 5.74) is 6.84. The van der Waals surface area contributed by atoms with Crippen molar-refractivity contribution in [1.82, 2.24) is 0 Å². The van der Waals surface area contributed by atoms with Crippen molar-refractivity contribution in [3.05, 3.63) is 0 Å². The molecule has 0 amide bonds. The molecule has 12 heavy (non-hydrogen) atoms. The van der Waals surface area contributed by atoms with Crippen molar-refractivity contribution in [3.63, 3.8) is 0 Å². The first-order valence-electron chi connectivity index (χ1n) is 5.43. The Hall–Kier alpha value is -0.0400. The van der Waals surface area contributed by atoms with Gasteiger partial charge in [-0.05, 0) is 55.3 Å². The normalized spacial score (nSPS) is 62.5. The van der Waals surface area contributed by atoms with E-state index in [-0.39, 0.29) is 0 Å². The average Bonchev–Trinajstić information content (AvgIpc) is 2.09. The van der Waals surface area contributed by atoms with Gasteiger partial charge in [-0.25, -0.2) is 0 Å². The van der Waals surface area contributed by atoms with E-state index in [0.717, 1.165) is 23.2 Å². The van der Waals surface area contributed by atoms with Crippen molar-refractivity contribution < 1.29 is 0 Å². The number of nitrogens with two attached hydrogens (primary N) is 1. The summed E-state index contributed by atoms with van der Waals surface area (Å²) in [6.45, 7) is 2.50. The highest BCUT2D eigenvalue weighted by Crippen LogP contribution is 2.65. The van der Waals surface area contributed by atoms with Crippen molar-refractivity contribution in [2.45, 2.75) is 45.1 Å². The molecule has 3 aliphatic rings. The Morgan fingerprint density at radius 3 is 2.83 bits per heavy atom. The van der Waals surface area contributed by atoms with E-state index >= 15 is 0 Å². The fourth-order valence-corrected chi connectivity index (χ4v) is 4.46. The van der Waals surface area contributed by atoms with Crippen LogP contribution in [0.2, 0.25) is 0 Å². The molecule has 3 aliphatic carbocycles. The Kier molecular flexibility index (Phi) is 1.27. The maximum absolute atomic E-state index is 6.08. The van der Waals surface area contributed by atoms with Crippen LogP contribution in [0.4, 0.5) is 0 Å². The van der Waals surface area contributed by atoms with Crippen LogP contribution in [-0.2, 0) is 0 Å². The molecule has 0 aliphatic heterocycles. The second-order valence-electron chi connectivity index (χ2n) is 5.76. The van der Waals surface area contributed by atoms with Gasteiger partial charge in [0, 0.05) is 6.04 Å². The molecule has 3 rings (SSSR count). The zero-order valence-electron chi connectivity index (χ0n) is 7.92. The van der Waals surface area contributed by atoms with Gasteiger partial charge in [0.2, 0.25) is 0 Å². The van der Waals surface area contributed by atoms with Crippen LogP contribution in [0.15, 0.2) is 0 Å². The lowest BCUT2D eigenvalue weighted by atomic mass is 9.54. The molecule has 0 aromatic carbocycles. The van der Waals surface area contributed by atoms with Gasteiger partial charge in [-0.1, -0.05) is 6.92 Å². The molecule has 68 valence electrons. The van der Waals surface area contributed by atoms with Gasteiger partial charge in [-0.15, -0.1) is 0 Å². The van der Waals surface area contributed by atoms with Crippen molar-refractivity contribution in [2.75, 3.05) is 0 Å². The van der Waals surface area contributed by atoms with Crippen LogP contribution < -0.4 is 5.73 Å². The molecule has 0 aromatic heterocycles. The molecule has 0 heterocycles. The summed E-state index contributed by atoms with van der Waals surface area (Å²) >= 11 is 0. The van der Waals surface area contributed by atoms with Gasteiger partial charge in [-0.3, -0.25) is 0 Å². The van der Waals surface area contributed by atoms with E-state index < -0.39 is 0 Å². The van der Waals surface area contributed by atoms with Crippen LogP contribution in [0.25, 0.3) is 0 Å². The molecule has 1 heteroatoms. The Morgan fingerprint density at radius 2 is 2.00 bits per heavy atom. The van der Waals surface area contributed by atoms with Crippen molar-refractivity contribution >= 4 is 0 Å². The summed E-state index contributed by atoms with van der Waals surface area (Å²) in [7, 11) is 0. The number of hydrogen-bond acceptors (Lipinski definition) is 1. The van der Waals surface area contributed by atoms with Crippen LogP contribution in [0.3, 0.4) is 0 Å². The molecule has 0 radical (unpaired) electrons. The molecule has 3 fully saturated rings. The van der Waals surface area contributed by atoms with Gasteiger partial charge < -0.3 is 5.73 Å². The van der Waals surface area contributed by atoms with Crippen LogP contribution in [0, 0.1) is 23.2 Å². The number of hydrogen-bond donors (Lipinski definition) is 1. The second-order valence-corrected chi connectivity index (χ2v) is 5.76. The van der Waals surface area contributed by atoms with E-state index in [1.165, 1.54) is 32.1 Å². The van der Waals surface area contributed by atoms with E-state index in [4.69, 9.17) is 5.73 Å². The summed E-state index contributed by atoms with van der Waals surface area (Å²) in [6.07, 6.45) is 7.14. The van der Waals surface area contributed by atoms with E-state index in [1.54, 1.807) is 0 Å². The predicted octanol–water partition coefficient (Wildman–Crippen LogP) is 2.16. The first-order valence-corrected chi connectivity index (χ1v) is 5.43. The molecule has 0 spiro atoms. The Bertz CT molecular complexity index is 207. The number of fused-ring (bicyclic) bond motifs is 1. The quantitative estimate of drug-likeness (QED) is 0.585. The molecule has 3 saturated carbocycles. The van der Waals surface area contributed by atoms with Gasteiger partial charge in [0.25, 0.3) is 0 Å². The molecule has 2 bridgehead atoms. The zero-order chi connectivity index (χ0) is 8.34. The molecule has 2 N–H and O–H groups in total. The summed E-state index contributed by atoms with van der Waals surface area (Å²) in [5, 5.41) is 0. The third-order valence-electron chi connectivity index (χ3n) is 4.78. The summed E-state index contributed by atoms with van der Waals surface area (Å²) < 4.78 is 0. The largest absolute Gasteiger partial charge is 0.328 e. The molecule has 5 atom stereocenters. The molecule has 0 saturated heterocycles. The second kappa shape index (κ2) is 2.06. The van der Waals surface area contributed by atoms with E-state index in [2.05, 4.69) is 6.92 Å². The van der Waals surface area contributed by atoms with Crippen molar-refractivity contribution in [1.29, 1.82) is 0 Å². The van der Waals surface area contributed by atoms with E-state index in [1.807, 2.05) is 0 Å². The highest BCUT2D eigenvalue weighted by molar-refractivity contribution is 5.08. The standard InChI is InChI=1S/C11H19N/c1-11-5-7-2-9(12)4-8(6-11)10(11)3-7/h7-10H,2-6,12H2,1H3/t7-,8-,9+,10?,11?/m0/s1. The van der Waals surface area contributed by atoms with Crippen LogP contribution >= 0.6 is 0 Å². The minimum atomic E-state index is 0.537. The molecule has 0 aromatic rings. The summed E-state index contributed by atoms with van der Waals surface area (Å²) in [5.74, 6) is 3.07. The van der Waals surface area contributed by atoms with Crippen LogP contribution in [0.1, 0.15) is 39.0 Å². The fraction of sp³-hybridized carbons (Fsp3) is 1.00. The minimum Gasteiger partial charge on any atom is -0.328 e. The van der Waals surface area contributed by atoms with Gasteiger partial charge >= 0.3 is 0 Å². The lowest BCUT2D eigenvalue weighted by Crippen LogP contribution is -2.45. The Labute approximate surface area is 74.7 Å². The minimum absolute atomic E-state index is 0.537. The average molecular weight is 165 g/mol. The number of rotatable bonds is 0. The van der Waals surface area contributed by atoms with Gasteiger partial charge in [0.05, 0.1) is 0 Å². The maximum Gasteiger partial charge on any atom is 0.00442 e. The molecule has 2 unspecified atom stereocenters. The monoisotopic (exact) mass is 165 g/mol. The first kappa shape index (κ1) is 7.37. The summed E-state index contributed by atoms with van der Waals surface area (Å²) in [6, 6.07) is 0.537. The van der Waals surface area contributed by atoms with Crippen molar-refractivity contribution in [2.24, 2.45) is 28.9 Å². The van der Waals surface area contributed by atoms with Gasteiger partial charge in [0.15, 0.2) is 0 Å². The topological polar surface area (TPSA) is 26.0 Å². The highest BCUT2D eigenvalue weighted by Gasteiger charge is 2.57. The maximum atomic E-state index is 6.08. The Balaban J connectivity index is 1.88. The third kappa shape index (κ3) is 0.783. The highest BCUT2D eigenvalue weighted by atomic mass is 14.7. The SMILES string of the molecule is CC12C[C@@H]3CC1[C@@H](C[C@H](N)C3)C2. The van der Waals surface area contributed by atoms with E-state index in [0.29, 0.717) is 6.04 Å². The van der Waals surface area contributed by atoms with Gasteiger partial charge in [0.1, 0.15) is 0 Å². The zero-order valence-corrected chi connectivity index (χ0v) is 7.92. The van der Waals surface area contributed by atoms with Crippen LogP contribution in [0.5, 0.6) is 0 Å². The van der Waals surface area contributed by atoms with E-state index in [9.17, 15) is 0 Å². The fourth-order valence-electron chi connectivity index (χ4n) is 4.46. The molecular formula is C11H19N. The molecule has 1 nitrogen and oxygen atoms in total. The first-order chi connectivity index (χ1) is 5.67. The van der Waals surface area contributed by atoms with Crippen LogP contribution in [-0.4, -0.2) is 6.04 Å². The lowest BCUT2D eigenvalue weighted by molar-refractivity contribution is -0.00905. The lowest BCUT2D eigenvalue weighted by Gasteiger charge is -2.51. The summed E-state index contributed by atoms with van der Waals surface area (Å²) in [4.78, 5) is 0. The van der Waals surface area contributed by atoms with Crippen molar-refractivity contribution in [3.8, 4) is 0 Å². The Morgan fingerprint density at radius 1 is 1.17 bits per heavy atom. The predicted molar refractivity (Wildman–Crippen MR) is 49.6 cm³/mol. The molecular weight excluding hydrogens is 146 g/mol. The van der Waals surface area contributed by atoms with Gasteiger partial charge in [-0.2, -0.15) is 0 Å². The third-order valence-corrected chi connectivity index (χ3v) is 4.78.